The van der Waals surface area contributed by atoms with Crippen LogP contribution in [0.25, 0.3) is 11.4 Å². The molecular weight excluding hydrogens is 746 g/mol. The van der Waals surface area contributed by atoms with Gasteiger partial charge in [0.15, 0.2) is 11.4 Å². The van der Waals surface area contributed by atoms with Gasteiger partial charge in [0.1, 0.15) is 4.90 Å². The summed E-state index contributed by atoms with van der Waals surface area (Å²) >= 11 is 0. The molecule has 0 atom stereocenters. The number of para-hydroxylation sites is 1. The van der Waals surface area contributed by atoms with Crippen molar-refractivity contribution < 1.29 is 50.7 Å². The molecule has 5 N–H and O–H groups in total. The van der Waals surface area contributed by atoms with E-state index in [-0.39, 0.29) is 67.4 Å². The Morgan fingerprint density at radius 3 is 1.49 bits per heavy atom. The third-order valence-corrected chi connectivity index (χ3v) is 8.27. The van der Waals surface area contributed by atoms with E-state index in [1.54, 1.807) is 50.2 Å². The Balaban J connectivity index is 0.000000235. The van der Waals surface area contributed by atoms with Crippen LogP contribution in [-0.4, -0.2) is 39.9 Å². The molecule has 17 nitrogen and oxygen atoms in total. The minimum atomic E-state index is -3.69. The molecule has 4 aromatic carbocycles. The first-order valence-electron chi connectivity index (χ1n) is 15.1. The molecule has 2 aromatic heterocycles. The number of aromatic nitrogens is 4. The summed E-state index contributed by atoms with van der Waals surface area (Å²) in [5.74, 6) is -2.76. The van der Waals surface area contributed by atoms with Crippen LogP contribution in [0.2, 0.25) is 0 Å². The number of carboxylic acid groups (broad SMARTS) is 2. The summed E-state index contributed by atoms with van der Waals surface area (Å²) in [5.41, 5.74) is 0.883. The van der Waals surface area contributed by atoms with Crippen molar-refractivity contribution in [3.05, 3.63) is 146 Å². The fraction of sp³-hybridized carbons (Fsp3) is 0.0588. The zero-order valence-electron chi connectivity index (χ0n) is 27.8. The largest absolute Gasteiger partial charge is 3.00 e. The van der Waals surface area contributed by atoms with E-state index < -0.39 is 27.5 Å². The molecule has 1 radical (unpaired) electrons. The van der Waals surface area contributed by atoms with E-state index in [9.17, 15) is 37.8 Å². The summed E-state index contributed by atoms with van der Waals surface area (Å²) in [6, 6.07) is 26.6. The predicted molar refractivity (Wildman–Crippen MR) is 182 cm³/mol. The van der Waals surface area contributed by atoms with E-state index in [1.807, 2.05) is 18.2 Å². The monoisotopic (exact) mass is 774 g/mol. The van der Waals surface area contributed by atoms with Crippen LogP contribution >= 0.6 is 0 Å². The normalized spacial score (nSPS) is 11.2. The maximum absolute atomic E-state index is 12.7. The van der Waals surface area contributed by atoms with Gasteiger partial charge in [0.05, 0.1) is 46.1 Å². The van der Waals surface area contributed by atoms with Gasteiger partial charge in [-0.2, -0.15) is 8.42 Å². The van der Waals surface area contributed by atoms with Crippen molar-refractivity contribution in [1.82, 2.24) is 19.6 Å². The summed E-state index contributed by atoms with van der Waals surface area (Å²) < 4.78 is 25.7. The van der Waals surface area contributed by atoms with E-state index >= 15 is 0 Å². The van der Waals surface area contributed by atoms with Gasteiger partial charge in [-0.3, -0.25) is 19.8 Å². The number of nitrogens with one attached hydrogen (secondary N) is 2. The summed E-state index contributed by atoms with van der Waals surface area (Å²) in [6.45, 7) is 3.28. The number of H-pyrrole nitrogens is 2. The second-order valence-corrected chi connectivity index (χ2v) is 12.6. The third kappa shape index (κ3) is 9.05. The van der Waals surface area contributed by atoms with Crippen molar-refractivity contribution >= 4 is 44.7 Å². The molecular formula is C34H28CrN9O8S+2. The molecule has 19 heteroatoms. The second-order valence-electron chi connectivity index (χ2n) is 10.9. The molecule has 53 heavy (non-hydrogen) atoms. The predicted octanol–water partition coefficient (Wildman–Crippen LogP) is 2.43. The summed E-state index contributed by atoms with van der Waals surface area (Å²) in [5, 5.41) is 46.6. The van der Waals surface area contributed by atoms with E-state index in [0.29, 0.717) is 17.1 Å². The molecule has 0 fully saturated rings. The molecule has 0 aliphatic carbocycles. The average Bonchev–Trinajstić information content (AvgIpc) is 3.58. The molecule has 267 valence electrons. The van der Waals surface area contributed by atoms with E-state index in [4.69, 9.17) is 0 Å². The average molecular weight is 775 g/mol. The topological polar surface area (TPSA) is 267 Å². The van der Waals surface area contributed by atoms with Crippen LogP contribution in [0.4, 0.5) is 22.7 Å². The molecule has 0 bridgehead atoms. The molecule has 0 aliphatic rings. The van der Waals surface area contributed by atoms with Crippen LogP contribution in [0.3, 0.4) is 0 Å². The summed E-state index contributed by atoms with van der Waals surface area (Å²) in [7, 11) is -3.69. The molecule has 0 aliphatic heterocycles. The van der Waals surface area contributed by atoms with Gasteiger partial charge in [0.2, 0.25) is 0 Å². The second kappa shape index (κ2) is 16.7. The fourth-order valence-corrected chi connectivity index (χ4v) is 5.33. The van der Waals surface area contributed by atoms with E-state index in [0.717, 1.165) is 4.68 Å². The zero-order valence-corrected chi connectivity index (χ0v) is 29.9. The van der Waals surface area contributed by atoms with Crippen molar-refractivity contribution in [3.63, 3.8) is 0 Å². The first kappa shape index (κ1) is 39.3. The van der Waals surface area contributed by atoms with Crippen LogP contribution in [0.5, 0.6) is 0 Å². The zero-order chi connectivity index (χ0) is 37.6. The minimum Gasteiger partial charge on any atom is -0.545 e. The number of carboxylic acids is 2. The van der Waals surface area contributed by atoms with Crippen LogP contribution in [0, 0.1) is 13.8 Å². The Bertz CT molecular complexity index is 2590. The SMILES string of the molecule is Cc1[nH]n(-c2cccc(S([NH3+])(=O)=O)c2)c(=O)c1N=Nc1ccccc1C(=O)[O-].Cc1[nH]n(-c2ccccc2)c(=O)c1N=Nc1ccccc1C(=O)[O-].[Cr+3]. The standard InChI is InChI=1S/C17H15N5O5S.C17H14N4O3.Cr/c1-10-15(20-19-14-8-3-2-7-13(14)17(24)25)16(23)22(21-10)11-5-4-6-12(9-11)28(18,26)27;1-11-15(16(22)21(20-11)12-7-3-2-4-8-12)19-18-14-10-6-5-9-13(14)17(23)24;/h2-9,21H,1H3,(H,24,25)(H2,18,26,27);2-10,20H,1H3,(H,23,24);/q;;+3/p-1. The number of aromatic amines is 2. The van der Waals surface area contributed by atoms with Crippen molar-refractivity contribution in [2.75, 3.05) is 0 Å². The Morgan fingerprint density at radius 1 is 0.623 bits per heavy atom. The Hall–Kier alpha value is -6.52. The molecule has 0 saturated heterocycles. The number of benzene rings is 4. The van der Waals surface area contributed by atoms with Gasteiger partial charge in [-0.05, 0) is 56.3 Å². The van der Waals surface area contributed by atoms with Crippen LogP contribution in [-0.2, 0) is 27.4 Å². The number of sulfonamides is 1. The Morgan fingerprint density at radius 2 is 1.04 bits per heavy atom. The van der Waals surface area contributed by atoms with Gasteiger partial charge in [0, 0.05) is 11.1 Å². The third-order valence-electron chi connectivity index (χ3n) is 7.29. The quantitative estimate of drug-likeness (QED) is 0.183. The Labute approximate surface area is 310 Å². The minimum absolute atomic E-state index is 0. The van der Waals surface area contributed by atoms with Crippen molar-refractivity contribution in [2.45, 2.75) is 18.7 Å². The Kier molecular flexibility index (Phi) is 12.3. The van der Waals surface area contributed by atoms with Gasteiger partial charge in [-0.15, -0.1) is 20.5 Å². The number of nitrogens with zero attached hydrogens (tertiary/aromatic N) is 6. The molecule has 0 saturated carbocycles. The number of hydrogen-bond donors (Lipinski definition) is 3. The van der Waals surface area contributed by atoms with Gasteiger partial charge >= 0.3 is 27.4 Å². The molecule has 0 amide bonds. The van der Waals surface area contributed by atoms with E-state index in [2.05, 4.69) is 35.8 Å². The van der Waals surface area contributed by atoms with Gasteiger partial charge < -0.3 is 19.8 Å². The number of hydrogen-bond acceptors (Lipinski definition) is 12. The van der Waals surface area contributed by atoms with Gasteiger partial charge in [-0.25, -0.2) is 14.5 Å². The molecule has 0 unspecified atom stereocenters. The fourth-order valence-electron chi connectivity index (χ4n) is 4.74. The number of azo groups is 2. The number of carbonyl (C=O) groups excluding carboxylic acids is 2. The summed E-state index contributed by atoms with van der Waals surface area (Å²) in [6.07, 6.45) is 0. The maximum Gasteiger partial charge on any atom is 3.00 e. The first-order valence-corrected chi connectivity index (χ1v) is 16.7. The smallest absolute Gasteiger partial charge is 0.545 e. The van der Waals surface area contributed by atoms with E-state index in [1.165, 1.54) is 53.2 Å². The number of aryl methyl sites for hydroxylation is 2. The maximum atomic E-state index is 12.7. The molecule has 0 spiro atoms. The molecule has 6 rings (SSSR count). The van der Waals surface area contributed by atoms with Crippen molar-refractivity contribution in [3.8, 4) is 11.4 Å². The number of quaternary nitrogens is 1. The van der Waals surface area contributed by atoms with Crippen LogP contribution in [0.15, 0.2) is 138 Å². The van der Waals surface area contributed by atoms with Crippen molar-refractivity contribution in [2.24, 2.45) is 20.5 Å². The number of rotatable bonds is 9. The summed E-state index contributed by atoms with van der Waals surface area (Å²) in [4.78, 5) is 47.3. The van der Waals surface area contributed by atoms with Gasteiger partial charge in [-0.1, -0.05) is 60.7 Å². The molecule has 6 aromatic rings. The number of carbonyl (C=O) groups is 2. The van der Waals surface area contributed by atoms with Crippen molar-refractivity contribution in [1.29, 1.82) is 0 Å². The van der Waals surface area contributed by atoms with Crippen LogP contribution in [0.1, 0.15) is 32.1 Å². The van der Waals surface area contributed by atoms with Gasteiger partial charge in [0.25, 0.3) is 11.1 Å². The first-order chi connectivity index (χ1) is 24.8. The van der Waals surface area contributed by atoms with Crippen LogP contribution < -0.4 is 26.5 Å². The number of aromatic carboxylic acids is 2. The molecule has 2 heterocycles.